The lowest BCUT2D eigenvalue weighted by Gasteiger charge is -2.26. The molecule has 50 heavy (non-hydrogen) atoms. The highest BCUT2D eigenvalue weighted by atomic mass is 16.6. The maximum Gasteiger partial charge on any atom is 0.336 e. The zero-order valence-corrected chi connectivity index (χ0v) is 29.8. The molecule has 0 amide bonds. The fourth-order valence-electron chi connectivity index (χ4n) is 5.91. The van der Waals surface area contributed by atoms with Crippen molar-refractivity contribution in [3.8, 4) is 39.9 Å². The first kappa shape index (κ1) is 35.9. The Morgan fingerprint density at radius 1 is 0.740 bits per heavy atom. The van der Waals surface area contributed by atoms with Gasteiger partial charge in [-0.15, -0.1) is 0 Å². The summed E-state index contributed by atoms with van der Waals surface area (Å²) < 4.78 is 40.2. The maximum absolute atomic E-state index is 13.8. The molecule has 0 fully saturated rings. The molecule has 1 aliphatic rings. The number of carbonyl (C=O) groups is 1. The van der Waals surface area contributed by atoms with Crippen LogP contribution in [0.3, 0.4) is 0 Å². The van der Waals surface area contributed by atoms with E-state index in [1.54, 1.807) is 45.6 Å². The van der Waals surface area contributed by atoms with Gasteiger partial charge in [-0.05, 0) is 90.6 Å². The molecule has 5 rings (SSSR count). The van der Waals surface area contributed by atoms with E-state index in [4.69, 9.17) is 33.2 Å². The first-order valence-electron chi connectivity index (χ1n) is 16.3. The summed E-state index contributed by atoms with van der Waals surface area (Å²) >= 11 is 0. The van der Waals surface area contributed by atoms with E-state index in [1.165, 1.54) is 29.4 Å². The summed E-state index contributed by atoms with van der Waals surface area (Å²) in [4.78, 5) is 13.8. The fourth-order valence-corrected chi connectivity index (χ4v) is 5.91. The van der Waals surface area contributed by atoms with Crippen LogP contribution in [-0.4, -0.2) is 59.3 Å². The number of fused-ring (bicyclic) bond motifs is 3. The number of rotatable bonds is 15. The van der Waals surface area contributed by atoms with E-state index in [0.717, 1.165) is 5.56 Å². The summed E-state index contributed by atoms with van der Waals surface area (Å²) in [7, 11) is 6.15. The largest absolute Gasteiger partial charge is 0.493 e. The van der Waals surface area contributed by atoms with Crippen LogP contribution in [0.15, 0.2) is 97.9 Å². The van der Waals surface area contributed by atoms with Gasteiger partial charge in [-0.1, -0.05) is 61.2 Å². The van der Waals surface area contributed by atoms with E-state index in [1.807, 2.05) is 51.1 Å². The lowest BCUT2D eigenvalue weighted by Crippen LogP contribution is -2.44. The van der Waals surface area contributed by atoms with Crippen molar-refractivity contribution >= 4 is 11.5 Å². The minimum absolute atomic E-state index is 0.0000390. The van der Waals surface area contributed by atoms with Gasteiger partial charge in [0.15, 0.2) is 34.9 Å². The third kappa shape index (κ3) is 7.90. The van der Waals surface area contributed by atoms with Crippen LogP contribution in [0.2, 0.25) is 0 Å². The Labute approximate surface area is 294 Å². The molecule has 4 aromatic carbocycles. The highest BCUT2D eigenvalue weighted by Gasteiger charge is 2.30. The molecule has 1 N–H and O–H groups in total. The van der Waals surface area contributed by atoms with Crippen LogP contribution in [-0.2, 0) is 14.3 Å². The Kier molecular flexibility index (Phi) is 11.1. The summed E-state index contributed by atoms with van der Waals surface area (Å²) in [6.07, 6.45) is 0. The Morgan fingerprint density at radius 3 is 1.84 bits per heavy atom. The number of benzene rings is 4. The van der Waals surface area contributed by atoms with Gasteiger partial charge in [-0.3, -0.25) is 0 Å². The number of carbonyl (C=O) groups excluding carboxylic acids is 1. The van der Waals surface area contributed by atoms with Gasteiger partial charge in [-0.25, -0.2) is 4.79 Å². The van der Waals surface area contributed by atoms with Crippen molar-refractivity contribution in [3.63, 3.8) is 0 Å². The number of hydrogen-bond acceptors (Lipinski definition) is 9. The Hall–Kier alpha value is -5.41. The molecule has 0 aromatic heterocycles. The second kappa shape index (κ2) is 15.4. The molecule has 9 nitrogen and oxygen atoms in total. The van der Waals surface area contributed by atoms with Gasteiger partial charge in [0.05, 0.1) is 40.6 Å². The number of ether oxygens (including phenoxy) is 7. The van der Waals surface area contributed by atoms with Gasteiger partial charge in [0.25, 0.3) is 0 Å². The number of esters is 1. The standard InChI is InChI=1S/C41H45NO8/c1-25(28-21-37(45-7)39(47-9)38(22-28)46-8)27-18-19-35(44-6)36(20-27)50-40(43)34(24-49-41(3,4)5)42-26(2)48-23-33-31-16-12-10-14-29(31)30-15-11-13-17-32(30)33/h10-22,33-34,42H,1-2,23-24H2,3-9H3/t34-/m1/s1. The molecular weight excluding hydrogens is 634 g/mol. The van der Waals surface area contributed by atoms with Gasteiger partial charge >= 0.3 is 5.97 Å². The predicted octanol–water partition coefficient (Wildman–Crippen LogP) is 7.76. The van der Waals surface area contributed by atoms with Crippen molar-refractivity contribution in [2.45, 2.75) is 38.3 Å². The van der Waals surface area contributed by atoms with E-state index in [-0.39, 0.29) is 24.2 Å². The molecule has 1 aliphatic carbocycles. The van der Waals surface area contributed by atoms with Crippen molar-refractivity contribution in [3.05, 3.63) is 120 Å². The molecule has 0 saturated carbocycles. The van der Waals surface area contributed by atoms with Gasteiger partial charge in [0.1, 0.15) is 6.61 Å². The highest BCUT2D eigenvalue weighted by Crippen LogP contribution is 2.45. The summed E-state index contributed by atoms with van der Waals surface area (Å²) in [5, 5.41) is 3.10. The van der Waals surface area contributed by atoms with E-state index in [2.05, 4.69) is 42.7 Å². The van der Waals surface area contributed by atoms with Crippen LogP contribution in [0, 0.1) is 0 Å². The van der Waals surface area contributed by atoms with Crippen LogP contribution < -0.4 is 29.0 Å². The summed E-state index contributed by atoms with van der Waals surface area (Å²) in [6, 6.07) is 24.5. The topological polar surface area (TPSA) is 93.7 Å². The smallest absolute Gasteiger partial charge is 0.336 e. The molecule has 1 atom stereocenters. The first-order valence-corrected chi connectivity index (χ1v) is 16.3. The molecule has 0 saturated heterocycles. The minimum atomic E-state index is -0.948. The zero-order chi connectivity index (χ0) is 36.0. The predicted molar refractivity (Wildman–Crippen MR) is 194 cm³/mol. The lowest BCUT2D eigenvalue weighted by molar-refractivity contribution is -0.140. The van der Waals surface area contributed by atoms with Crippen molar-refractivity contribution in [2.24, 2.45) is 0 Å². The molecule has 0 heterocycles. The summed E-state index contributed by atoms with van der Waals surface area (Å²) in [5.41, 5.74) is 6.28. The molecular formula is C41H45NO8. The minimum Gasteiger partial charge on any atom is -0.493 e. The van der Waals surface area contributed by atoms with E-state index in [0.29, 0.717) is 40.7 Å². The Bertz CT molecular complexity index is 1800. The zero-order valence-electron chi connectivity index (χ0n) is 29.8. The van der Waals surface area contributed by atoms with Crippen molar-refractivity contribution in [1.29, 1.82) is 0 Å². The molecule has 9 heteroatoms. The van der Waals surface area contributed by atoms with Crippen LogP contribution in [0.4, 0.5) is 0 Å². The average Bonchev–Trinajstić information content (AvgIpc) is 3.44. The van der Waals surface area contributed by atoms with Crippen LogP contribution in [0.5, 0.6) is 28.7 Å². The van der Waals surface area contributed by atoms with Crippen LogP contribution >= 0.6 is 0 Å². The van der Waals surface area contributed by atoms with E-state index < -0.39 is 17.6 Å². The molecule has 0 aliphatic heterocycles. The van der Waals surface area contributed by atoms with Crippen molar-refractivity contribution in [1.82, 2.24) is 5.32 Å². The summed E-state index contributed by atoms with van der Waals surface area (Å²) in [5.74, 6) is 1.64. The molecule has 0 bridgehead atoms. The van der Waals surface area contributed by atoms with Gasteiger partial charge in [0.2, 0.25) is 5.75 Å². The van der Waals surface area contributed by atoms with Gasteiger partial charge in [0, 0.05) is 5.92 Å². The molecule has 0 radical (unpaired) electrons. The monoisotopic (exact) mass is 679 g/mol. The molecule has 0 unspecified atom stereocenters. The van der Waals surface area contributed by atoms with Gasteiger partial charge < -0.3 is 38.5 Å². The van der Waals surface area contributed by atoms with E-state index in [9.17, 15) is 4.79 Å². The van der Waals surface area contributed by atoms with E-state index >= 15 is 0 Å². The maximum atomic E-state index is 13.8. The van der Waals surface area contributed by atoms with Crippen LogP contribution in [0.1, 0.15) is 48.9 Å². The van der Waals surface area contributed by atoms with Crippen molar-refractivity contribution < 1.29 is 38.0 Å². The SMILES string of the molecule is C=C(N[C@H](COC(C)(C)C)C(=O)Oc1cc(C(=C)c2cc(OC)c(OC)c(OC)c2)ccc1OC)OCC1c2ccccc2-c2ccccc21. The molecule has 0 spiro atoms. The van der Waals surface area contributed by atoms with Crippen molar-refractivity contribution in [2.75, 3.05) is 41.7 Å². The number of methoxy groups -OCH3 is 4. The first-order chi connectivity index (χ1) is 24.0. The lowest BCUT2D eigenvalue weighted by atomic mass is 9.98. The molecule has 4 aromatic rings. The Balaban J connectivity index is 1.34. The fraction of sp³-hybridized carbons (Fsp3) is 0.293. The van der Waals surface area contributed by atoms with Gasteiger partial charge in [-0.2, -0.15) is 0 Å². The average molecular weight is 680 g/mol. The quantitative estimate of drug-likeness (QED) is 0.0769. The highest BCUT2D eigenvalue weighted by molar-refractivity contribution is 5.84. The second-order valence-electron chi connectivity index (χ2n) is 12.8. The number of nitrogens with one attached hydrogen (secondary N) is 1. The summed E-state index contributed by atoms with van der Waals surface area (Å²) in [6.45, 7) is 14.5. The third-order valence-corrected chi connectivity index (χ3v) is 8.43. The van der Waals surface area contributed by atoms with Crippen LogP contribution in [0.25, 0.3) is 16.7 Å². The number of hydrogen-bond donors (Lipinski definition) is 1. The third-order valence-electron chi connectivity index (χ3n) is 8.43. The molecule has 262 valence electrons. The Morgan fingerprint density at radius 2 is 1.30 bits per heavy atom. The second-order valence-corrected chi connectivity index (χ2v) is 12.8. The normalized spacial score (nSPS) is 12.6.